The van der Waals surface area contributed by atoms with E-state index >= 15 is 0 Å². The molecule has 0 spiro atoms. The number of rotatable bonds is 6. The van der Waals surface area contributed by atoms with Gasteiger partial charge in [0.05, 0.1) is 6.42 Å². The number of carbonyl (C=O) groups is 1. The summed E-state index contributed by atoms with van der Waals surface area (Å²) in [6.07, 6.45) is -5.18. The third-order valence-corrected chi connectivity index (χ3v) is 3.30. The molecule has 4 nitrogen and oxygen atoms in total. The van der Waals surface area contributed by atoms with Gasteiger partial charge < -0.3 is 10.1 Å². The Morgan fingerprint density at radius 1 is 1.24 bits per heavy atom. The minimum Gasteiger partial charge on any atom is -0.465 e. The molecule has 1 heterocycles. The highest BCUT2D eigenvalue weighted by Crippen LogP contribution is 2.24. The van der Waals surface area contributed by atoms with Gasteiger partial charge in [-0.25, -0.2) is 9.37 Å². The highest BCUT2D eigenvalue weighted by molar-refractivity contribution is 5.78. The zero-order chi connectivity index (χ0) is 18.4. The number of hydrogen-bond donors (Lipinski definition) is 1. The average molecular weight is 356 g/mol. The SMILES string of the molecule is C[C@@H](Oc1cc(CNC(=O)Cc2cccc(F)c2)ccn1)C(F)(F)F. The first-order chi connectivity index (χ1) is 11.7. The molecule has 0 radical (unpaired) electrons. The van der Waals surface area contributed by atoms with Crippen LogP contribution in [0.15, 0.2) is 42.6 Å². The first kappa shape index (κ1) is 18.7. The Morgan fingerprint density at radius 3 is 2.68 bits per heavy atom. The molecule has 1 amide bonds. The molecule has 25 heavy (non-hydrogen) atoms. The van der Waals surface area contributed by atoms with E-state index in [0.717, 1.165) is 6.92 Å². The summed E-state index contributed by atoms with van der Waals surface area (Å²) in [4.78, 5) is 15.6. The summed E-state index contributed by atoms with van der Waals surface area (Å²) in [6, 6.07) is 8.54. The van der Waals surface area contributed by atoms with Crippen LogP contribution in [-0.2, 0) is 17.8 Å². The van der Waals surface area contributed by atoms with Crippen LogP contribution in [-0.4, -0.2) is 23.2 Å². The molecular weight excluding hydrogens is 340 g/mol. The number of benzene rings is 1. The molecule has 0 unspecified atom stereocenters. The number of alkyl halides is 3. The van der Waals surface area contributed by atoms with Gasteiger partial charge in [-0.1, -0.05) is 12.1 Å². The van der Waals surface area contributed by atoms with Crippen LogP contribution in [0.3, 0.4) is 0 Å². The molecule has 1 atom stereocenters. The molecule has 0 fully saturated rings. The largest absolute Gasteiger partial charge is 0.465 e. The van der Waals surface area contributed by atoms with Crippen LogP contribution in [0.4, 0.5) is 17.6 Å². The number of hydrogen-bond acceptors (Lipinski definition) is 3. The first-order valence-corrected chi connectivity index (χ1v) is 7.43. The predicted octanol–water partition coefficient (Wildman–Crippen LogP) is 3.41. The zero-order valence-electron chi connectivity index (χ0n) is 13.3. The molecule has 0 saturated heterocycles. The molecule has 0 bridgehead atoms. The Bertz CT molecular complexity index is 735. The van der Waals surface area contributed by atoms with Gasteiger partial charge in [0.1, 0.15) is 5.82 Å². The molecule has 1 N–H and O–H groups in total. The molecular formula is C17H16F4N2O2. The Labute approximate surface area is 141 Å². The molecule has 0 saturated carbocycles. The van der Waals surface area contributed by atoms with Crippen molar-refractivity contribution in [2.24, 2.45) is 0 Å². The summed E-state index contributed by atoms with van der Waals surface area (Å²) >= 11 is 0. The topological polar surface area (TPSA) is 51.2 Å². The fourth-order valence-electron chi connectivity index (χ4n) is 1.97. The fraction of sp³-hybridized carbons (Fsp3) is 0.294. The van der Waals surface area contributed by atoms with Crippen LogP contribution in [0.5, 0.6) is 5.88 Å². The minimum atomic E-state index is -4.49. The lowest BCUT2D eigenvalue weighted by Gasteiger charge is -2.17. The second-order valence-corrected chi connectivity index (χ2v) is 5.39. The van der Waals surface area contributed by atoms with E-state index in [-0.39, 0.29) is 24.8 Å². The maximum atomic E-state index is 13.1. The number of pyridine rings is 1. The predicted molar refractivity (Wildman–Crippen MR) is 82.3 cm³/mol. The smallest absolute Gasteiger partial charge is 0.425 e. The van der Waals surface area contributed by atoms with Crippen molar-refractivity contribution in [2.45, 2.75) is 32.2 Å². The van der Waals surface area contributed by atoms with Crippen molar-refractivity contribution in [3.05, 3.63) is 59.5 Å². The van der Waals surface area contributed by atoms with Gasteiger partial charge in [-0.2, -0.15) is 13.2 Å². The van der Waals surface area contributed by atoms with Crippen LogP contribution >= 0.6 is 0 Å². The molecule has 1 aromatic carbocycles. The molecule has 0 aliphatic carbocycles. The number of carbonyl (C=O) groups excluding carboxylic acids is 1. The molecule has 134 valence electrons. The van der Waals surface area contributed by atoms with E-state index in [0.29, 0.717) is 11.1 Å². The Balaban J connectivity index is 1.90. The molecule has 0 aliphatic rings. The Hall–Kier alpha value is -2.64. The number of halogens is 4. The molecule has 1 aromatic heterocycles. The van der Waals surface area contributed by atoms with E-state index < -0.39 is 18.1 Å². The van der Waals surface area contributed by atoms with Gasteiger partial charge in [-0.15, -0.1) is 0 Å². The molecule has 8 heteroatoms. The normalized spacial score (nSPS) is 12.5. The van der Waals surface area contributed by atoms with Crippen LogP contribution in [0, 0.1) is 5.82 Å². The van der Waals surface area contributed by atoms with E-state index in [4.69, 9.17) is 4.74 Å². The average Bonchev–Trinajstić information content (AvgIpc) is 2.52. The maximum absolute atomic E-state index is 13.1. The van der Waals surface area contributed by atoms with Gasteiger partial charge in [0.15, 0.2) is 6.10 Å². The first-order valence-electron chi connectivity index (χ1n) is 7.43. The van der Waals surface area contributed by atoms with Crippen LogP contribution in [0.1, 0.15) is 18.1 Å². The van der Waals surface area contributed by atoms with Crippen molar-refractivity contribution in [1.29, 1.82) is 0 Å². The minimum absolute atomic E-state index is 0.00267. The van der Waals surface area contributed by atoms with Crippen molar-refractivity contribution >= 4 is 5.91 Å². The van der Waals surface area contributed by atoms with Crippen LogP contribution in [0.2, 0.25) is 0 Å². The lowest BCUT2D eigenvalue weighted by Crippen LogP contribution is -2.31. The number of aromatic nitrogens is 1. The van der Waals surface area contributed by atoms with E-state index in [1.807, 2.05) is 0 Å². The second-order valence-electron chi connectivity index (χ2n) is 5.39. The summed E-state index contributed by atoms with van der Waals surface area (Å²) in [5, 5.41) is 2.61. The van der Waals surface area contributed by atoms with Crippen LogP contribution in [0.25, 0.3) is 0 Å². The fourth-order valence-corrected chi connectivity index (χ4v) is 1.97. The van der Waals surface area contributed by atoms with E-state index in [9.17, 15) is 22.4 Å². The van der Waals surface area contributed by atoms with Crippen molar-refractivity contribution < 1.29 is 27.1 Å². The van der Waals surface area contributed by atoms with Crippen LogP contribution < -0.4 is 10.1 Å². The second kappa shape index (κ2) is 7.96. The summed E-state index contributed by atoms with van der Waals surface area (Å²) in [5.74, 6) is -0.949. The standard InChI is InChI=1S/C17H16F4N2O2/c1-11(17(19,20)21)25-16-9-13(5-6-22-16)10-23-15(24)8-12-3-2-4-14(18)7-12/h2-7,9,11H,8,10H2,1H3,(H,23,24)/t11-/m1/s1. The Morgan fingerprint density at radius 2 is 2.00 bits per heavy atom. The summed E-state index contributed by atoms with van der Waals surface area (Å²) < 4.78 is 55.3. The molecule has 2 rings (SSSR count). The zero-order valence-corrected chi connectivity index (χ0v) is 13.3. The van der Waals surface area contributed by atoms with Gasteiger partial charge >= 0.3 is 6.18 Å². The quantitative estimate of drug-likeness (QED) is 0.807. The van der Waals surface area contributed by atoms with Gasteiger partial charge in [0.2, 0.25) is 11.8 Å². The van der Waals surface area contributed by atoms with Crippen molar-refractivity contribution in [2.75, 3.05) is 0 Å². The van der Waals surface area contributed by atoms with Crippen molar-refractivity contribution in [3.63, 3.8) is 0 Å². The van der Waals surface area contributed by atoms with Gasteiger partial charge in [-0.3, -0.25) is 4.79 Å². The highest BCUT2D eigenvalue weighted by Gasteiger charge is 2.38. The van der Waals surface area contributed by atoms with Crippen molar-refractivity contribution in [3.8, 4) is 5.88 Å². The van der Waals surface area contributed by atoms with Crippen molar-refractivity contribution in [1.82, 2.24) is 10.3 Å². The summed E-state index contributed by atoms with van der Waals surface area (Å²) in [7, 11) is 0. The van der Waals surface area contributed by atoms with E-state index in [1.165, 1.54) is 30.5 Å². The highest BCUT2D eigenvalue weighted by atomic mass is 19.4. The number of amides is 1. The third-order valence-electron chi connectivity index (χ3n) is 3.30. The van der Waals surface area contributed by atoms with Gasteiger partial charge in [0, 0.05) is 18.8 Å². The summed E-state index contributed by atoms with van der Waals surface area (Å²) in [5.41, 5.74) is 1.06. The Kier molecular flexibility index (Phi) is 5.95. The lowest BCUT2D eigenvalue weighted by molar-refractivity contribution is -0.190. The number of nitrogens with zero attached hydrogens (tertiary/aromatic N) is 1. The van der Waals surface area contributed by atoms with Gasteiger partial charge in [-0.05, 0) is 36.2 Å². The summed E-state index contributed by atoms with van der Waals surface area (Å²) in [6.45, 7) is 0.975. The molecule has 0 aliphatic heterocycles. The molecule has 2 aromatic rings. The third kappa shape index (κ3) is 6.06. The van der Waals surface area contributed by atoms with E-state index in [1.54, 1.807) is 12.1 Å². The monoisotopic (exact) mass is 356 g/mol. The lowest BCUT2D eigenvalue weighted by atomic mass is 10.1. The number of nitrogens with one attached hydrogen (secondary N) is 1. The van der Waals surface area contributed by atoms with Gasteiger partial charge in [0.25, 0.3) is 0 Å². The number of ether oxygens (including phenoxy) is 1. The van der Waals surface area contributed by atoms with E-state index in [2.05, 4.69) is 10.3 Å². The maximum Gasteiger partial charge on any atom is 0.425 e.